The molecule has 1 aromatic heterocycles. The van der Waals surface area contributed by atoms with E-state index in [1.165, 1.54) is 18.9 Å². The molecular formula is C20H32N4O2. The molecule has 144 valence electrons. The summed E-state index contributed by atoms with van der Waals surface area (Å²) in [7, 11) is 0. The van der Waals surface area contributed by atoms with Gasteiger partial charge >= 0.3 is 0 Å². The fourth-order valence-electron chi connectivity index (χ4n) is 2.87. The highest BCUT2D eigenvalue weighted by Crippen LogP contribution is 2.18. The largest absolute Gasteiger partial charge is 0.303 e. The lowest BCUT2D eigenvalue weighted by atomic mass is 10.0. The molecule has 6 heteroatoms. The summed E-state index contributed by atoms with van der Waals surface area (Å²) in [6.45, 7) is 15.5. The van der Waals surface area contributed by atoms with Crippen molar-refractivity contribution in [2.24, 2.45) is 5.92 Å². The molecule has 1 heterocycles. The van der Waals surface area contributed by atoms with Gasteiger partial charge in [-0.3, -0.25) is 14.9 Å². The van der Waals surface area contributed by atoms with Crippen LogP contribution in [0.4, 0.5) is 0 Å². The Morgan fingerprint density at radius 2 is 2.04 bits per heavy atom. The smallest absolute Gasteiger partial charge is 0.267 e. The van der Waals surface area contributed by atoms with Gasteiger partial charge in [0.05, 0.1) is 11.4 Å². The predicted octanol–water partition coefficient (Wildman–Crippen LogP) is 3.62. The van der Waals surface area contributed by atoms with Crippen LogP contribution in [0.3, 0.4) is 0 Å². The number of imidazole rings is 1. The molecule has 0 aliphatic rings. The third-order valence-corrected chi connectivity index (χ3v) is 4.63. The van der Waals surface area contributed by atoms with Crippen molar-refractivity contribution >= 4 is 18.2 Å². The zero-order valence-electron chi connectivity index (χ0n) is 16.4. The molecule has 0 aromatic carbocycles. The third-order valence-electron chi connectivity index (χ3n) is 4.63. The summed E-state index contributed by atoms with van der Waals surface area (Å²) in [4.78, 5) is 18.0. The van der Waals surface area contributed by atoms with Crippen LogP contribution in [0.5, 0.6) is 0 Å². The zero-order chi connectivity index (χ0) is 19.5. The van der Waals surface area contributed by atoms with Gasteiger partial charge < -0.3 is 4.57 Å². The molecule has 0 fully saturated rings. The van der Waals surface area contributed by atoms with E-state index >= 15 is 0 Å². The van der Waals surface area contributed by atoms with Crippen LogP contribution in [-0.2, 0) is 11.3 Å². The molecular weight excluding hydrogens is 328 g/mol. The van der Waals surface area contributed by atoms with Crippen molar-refractivity contribution in [1.29, 1.82) is 0 Å². The molecule has 1 aromatic rings. The number of carbonyl (C=O) groups excluding carboxylic acids is 1. The molecule has 0 bridgehead atoms. The van der Waals surface area contributed by atoms with Crippen molar-refractivity contribution in [2.45, 2.75) is 47.1 Å². The number of carbonyl (C=O) groups is 1. The normalized spacial score (nSPS) is 12.0. The number of allylic oxidation sites excluding steroid dienone is 2. The highest BCUT2D eigenvalue weighted by atomic mass is 16.5. The van der Waals surface area contributed by atoms with Crippen LogP contribution < -0.4 is 5.48 Å². The van der Waals surface area contributed by atoms with Crippen LogP contribution >= 0.6 is 0 Å². The van der Waals surface area contributed by atoms with Crippen molar-refractivity contribution in [1.82, 2.24) is 19.9 Å². The highest BCUT2D eigenvalue weighted by Gasteiger charge is 2.16. The average Bonchev–Trinajstić information content (AvgIpc) is 2.96. The molecule has 0 aliphatic heterocycles. The van der Waals surface area contributed by atoms with E-state index in [0.717, 1.165) is 36.8 Å². The van der Waals surface area contributed by atoms with Gasteiger partial charge in [0.2, 0.25) is 0 Å². The van der Waals surface area contributed by atoms with E-state index in [9.17, 15) is 4.79 Å². The van der Waals surface area contributed by atoms with Crippen LogP contribution in [0.15, 0.2) is 24.8 Å². The second-order valence-electron chi connectivity index (χ2n) is 6.26. The third kappa shape index (κ3) is 6.28. The van der Waals surface area contributed by atoms with Crippen LogP contribution in [0.1, 0.15) is 50.8 Å². The van der Waals surface area contributed by atoms with Crippen LogP contribution in [0.25, 0.3) is 12.3 Å². The number of hydrogen-bond donors (Lipinski definition) is 2. The van der Waals surface area contributed by atoms with Gasteiger partial charge in [0.25, 0.3) is 5.91 Å². The lowest BCUT2D eigenvalue weighted by Gasteiger charge is -2.25. The first-order chi connectivity index (χ1) is 12.5. The number of hydrogen-bond acceptors (Lipinski definition) is 4. The second kappa shape index (κ2) is 11.4. The van der Waals surface area contributed by atoms with Crippen molar-refractivity contribution < 1.29 is 10.0 Å². The topological polar surface area (TPSA) is 70.4 Å². The van der Waals surface area contributed by atoms with Gasteiger partial charge in [-0.1, -0.05) is 52.3 Å². The Morgan fingerprint density at radius 3 is 2.58 bits per heavy atom. The Kier molecular flexibility index (Phi) is 9.62. The fourth-order valence-corrected chi connectivity index (χ4v) is 2.87. The SMILES string of the molecule is C=Cn1c(C=CC=CC(=O)NO)nc(C)c1CN(CC)CC(CC)CC. The first-order valence-corrected chi connectivity index (χ1v) is 9.21. The van der Waals surface area contributed by atoms with Crippen molar-refractivity contribution in [3.8, 4) is 0 Å². The Morgan fingerprint density at radius 1 is 1.35 bits per heavy atom. The van der Waals surface area contributed by atoms with Gasteiger partial charge in [-0.15, -0.1) is 0 Å². The van der Waals surface area contributed by atoms with Crippen LogP contribution in [0.2, 0.25) is 0 Å². The van der Waals surface area contributed by atoms with E-state index in [2.05, 4.69) is 37.2 Å². The standard InChI is InChI=1S/C20H32N4O2/c1-6-17(7-2)14-23(8-3)15-18-16(5)21-19(24(18)9-4)12-10-11-13-20(25)22-26/h9-13,17,26H,4,6-8,14-15H2,1-3,5H3,(H,22,25). The molecule has 0 unspecified atom stereocenters. The molecule has 6 nitrogen and oxygen atoms in total. The molecule has 26 heavy (non-hydrogen) atoms. The summed E-state index contributed by atoms with van der Waals surface area (Å²) >= 11 is 0. The molecule has 0 spiro atoms. The molecule has 2 N–H and O–H groups in total. The maximum absolute atomic E-state index is 11.0. The molecule has 0 radical (unpaired) electrons. The number of aryl methyl sites for hydroxylation is 1. The summed E-state index contributed by atoms with van der Waals surface area (Å²) in [6, 6.07) is 0. The molecule has 1 amide bonds. The fraction of sp³-hybridized carbons (Fsp3) is 0.500. The molecule has 0 atom stereocenters. The monoisotopic (exact) mass is 360 g/mol. The minimum Gasteiger partial charge on any atom is -0.303 e. The number of nitrogens with one attached hydrogen (secondary N) is 1. The van der Waals surface area contributed by atoms with Crippen LogP contribution in [0, 0.1) is 12.8 Å². The number of nitrogens with zero attached hydrogens (tertiary/aromatic N) is 3. The van der Waals surface area contributed by atoms with Gasteiger partial charge in [0.1, 0.15) is 5.82 Å². The van der Waals surface area contributed by atoms with Gasteiger partial charge in [-0.25, -0.2) is 10.5 Å². The predicted molar refractivity (Wildman–Crippen MR) is 106 cm³/mol. The van der Waals surface area contributed by atoms with Gasteiger partial charge in [-0.2, -0.15) is 0 Å². The summed E-state index contributed by atoms with van der Waals surface area (Å²) in [6.07, 6.45) is 10.5. The lowest BCUT2D eigenvalue weighted by Crippen LogP contribution is -2.29. The summed E-state index contributed by atoms with van der Waals surface area (Å²) in [5, 5.41) is 8.47. The summed E-state index contributed by atoms with van der Waals surface area (Å²) in [5.74, 6) is 0.899. The van der Waals surface area contributed by atoms with E-state index in [4.69, 9.17) is 5.21 Å². The van der Waals surface area contributed by atoms with E-state index in [1.54, 1.807) is 23.8 Å². The van der Waals surface area contributed by atoms with Crippen molar-refractivity contribution in [2.75, 3.05) is 13.1 Å². The highest BCUT2D eigenvalue weighted by molar-refractivity contribution is 5.86. The second-order valence-corrected chi connectivity index (χ2v) is 6.26. The lowest BCUT2D eigenvalue weighted by molar-refractivity contribution is -0.124. The Hall–Kier alpha value is -2.18. The molecule has 0 saturated heterocycles. The number of hydroxylamine groups is 1. The first kappa shape index (κ1) is 21.9. The Bertz CT molecular complexity index is 642. The van der Waals surface area contributed by atoms with Gasteiger partial charge in [0, 0.05) is 25.4 Å². The van der Waals surface area contributed by atoms with E-state index < -0.39 is 5.91 Å². The first-order valence-electron chi connectivity index (χ1n) is 9.21. The molecule has 1 rings (SSSR count). The van der Waals surface area contributed by atoms with E-state index in [1.807, 2.05) is 17.6 Å². The Labute approximate surface area is 156 Å². The number of aromatic nitrogens is 2. The maximum Gasteiger partial charge on any atom is 0.267 e. The number of amides is 1. The van der Waals surface area contributed by atoms with E-state index in [0.29, 0.717) is 5.92 Å². The molecule has 0 aliphatic carbocycles. The Balaban J connectivity index is 2.97. The van der Waals surface area contributed by atoms with Gasteiger partial charge in [-0.05, 0) is 25.5 Å². The zero-order valence-corrected chi connectivity index (χ0v) is 16.4. The van der Waals surface area contributed by atoms with Gasteiger partial charge in [0.15, 0.2) is 0 Å². The molecule has 0 saturated carbocycles. The summed E-state index contributed by atoms with van der Waals surface area (Å²) in [5.41, 5.74) is 3.66. The minimum absolute atomic E-state index is 0.571. The average molecular weight is 361 g/mol. The minimum atomic E-state index is -0.571. The maximum atomic E-state index is 11.0. The number of rotatable bonds is 11. The quantitative estimate of drug-likeness (QED) is 0.274. The van der Waals surface area contributed by atoms with Crippen molar-refractivity contribution in [3.05, 3.63) is 42.0 Å². The van der Waals surface area contributed by atoms with E-state index in [-0.39, 0.29) is 0 Å². The van der Waals surface area contributed by atoms with Crippen LogP contribution in [-0.4, -0.2) is 38.7 Å². The van der Waals surface area contributed by atoms with Crippen molar-refractivity contribution in [3.63, 3.8) is 0 Å². The summed E-state index contributed by atoms with van der Waals surface area (Å²) < 4.78 is 1.99.